The standard InChI is InChI=1S/C27H24Cl3N3O2S/c1-36(35)19-7-4-6-17(14-19)18-10-11-20(23(30)15-18)25(32-26-21(28)8-5-9-22(26)29)16-24(31)27(34)33-12-2-3-13-33/h4-11,14-16,31-32H,2-3,12-13H2,1H3/b25-16-,31-24?. The van der Waals surface area contributed by atoms with Crippen LogP contribution in [0.2, 0.25) is 15.1 Å². The first-order valence-corrected chi connectivity index (χ1v) is 14.0. The van der Waals surface area contributed by atoms with Crippen molar-refractivity contribution in [3.05, 3.63) is 87.4 Å². The number of benzene rings is 3. The molecule has 3 aromatic rings. The molecule has 0 aliphatic carbocycles. The molecule has 4 rings (SSSR count). The van der Waals surface area contributed by atoms with E-state index in [-0.39, 0.29) is 11.6 Å². The highest BCUT2D eigenvalue weighted by Crippen LogP contribution is 2.36. The number of nitrogens with one attached hydrogen (secondary N) is 2. The quantitative estimate of drug-likeness (QED) is 0.238. The highest BCUT2D eigenvalue weighted by Gasteiger charge is 2.22. The van der Waals surface area contributed by atoms with Crippen molar-refractivity contribution in [2.45, 2.75) is 17.7 Å². The predicted octanol–water partition coefficient (Wildman–Crippen LogP) is 7.15. The lowest BCUT2D eigenvalue weighted by Crippen LogP contribution is -2.33. The van der Waals surface area contributed by atoms with Crippen LogP contribution in [-0.4, -0.2) is 40.4 Å². The first-order valence-electron chi connectivity index (χ1n) is 11.3. The Kier molecular flexibility index (Phi) is 8.65. The molecule has 3 aromatic carbocycles. The molecule has 0 aromatic heterocycles. The third-order valence-electron chi connectivity index (χ3n) is 5.89. The fraction of sp³-hybridized carbons (Fsp3) is 0.185. The fourth-order valence-corrected chi connectivity index (χ4v) is 5.33. The van der Waals surface area contributed by atoms with Crippen LogP contribution >= 0.6 is 34.8 Å². The highest BCUT2D eigenvalue weighted by molar-refractivity contribution is 7.90. The van der Waals surface area contributed by atoms with E-state index >= 15 is 0 Å². The van der Waals surface area contributed by atoms with Crippen molar-refractivity contribution in [2.24, 2.45) is 0 Å². The zero-order valence-corrected chi connectivity index (χ0v) is 22.6. The Hall–Kier alpha value is -2.48. The first kappa shape index (κ1) is 26.6. The predicted molar refractivity (Wildman–Crippen MR) is 151 cm³/mol. The normalized spacial score (nSPS) is 14.6. The van der Waals surface area contributed by atoms with Crippen molar-refractivity contribution in [2.75, 3.05) is 24.7 Å². The van der Waals surface area contributed by atoms with Gasteiger partial charge >= 0.3 is 0 Å². The number of rotatable bonds is 7. The summed E-state index contributed by atoms with van der Waals surface area (Å²) in [6, 6.07) is 18.1. The Balaban J connectivity index is 1.73. The Morgan fingerprint density at radius 3 is 2.25 bits per heavy atom. The molecule has 1 heterocycles. The number of hydrogen-bond donors (Lipinski definition) is 2. The van der Waals surface area contributed by atoms with Gasteiger partial charge in [-0.1, -0.05) is 65.1 Å². The molecule has 1 aliphatic heterocycles. The van der Waals surface area contributed by atoms with Crippen LogP contribution in [0.3, 0.4) is 0 Å². The largest absolute Gasteiger partial charge is 0.612 e. The van der Waals surface area contributed by atoms with Gasteiger partial charge in [0.25, 0.3) is 5.91 Å². The van der Waals surface area contributed by atoms with Crippen LogP contribution in [-0.2, 0) is 16.0 Å². The van der Waals surface area contributed by atoms with Crippen LogP contribution in [0, 0.1) is 5.41 Å². The summed E-state index contributed by atoms with van der Waals surface area (Å²) in [5, 5.41) is 12.9. The molecule has 0 radical (unpaired) electrons. The molecule has 5 nitrogen and oxygen atoms in total. The van der Waals surface area contributed by atoms with Gasteiger partial charge in [-0.15, -0.1) is 0 Å². The van der Waals surface area contributed by atoms with Gasteiger partial charge in [0.2, 0.25) is 0 Å². The SMILES string of the molecule is C[S+]([O-])c1cccc(-c2ccc(/C(=C/C(=N)C(=O)N3CCCC3)Nc3c(Cl)cccc3Cl)c(Cl)c2)c1. The maximum absolute atomic E-state index is 12.8. The summed E-state index contributed by atoms with van der Waals surface area (Å²) in [5.74, 6) is -0.339. The third-order valence-corrected chi connectivity index (χ3v) is 7.75. The highest BCUT2D eigenvalue weighted by atomic mass is 35.5. The van der Waals surface area contributed by atoms with Gasteiger partial charge in [-0.05, 0) is 65.5 Å². The van der Waals surface area contributed by atoms with Crippen LogP contribution in [0.15, 0.2) is 71.6 Å². The summed E-state index contributed by atoms with van der Waals surface area (Å²) in [5.41, 5.74) is 3.00. The lowest BCUT2D eigenvalue weighted by Gasteiger charge is -2.18. The molecule has 2 N–H and O–H groups in total. The fourth-order valence-electron chi connectivity index (χ4n) is 4.00. The second-order valence-corrected chi connectivity index (χ2v) is 11.0. The van der Waals surface area contributed by atoms with Gasteiger partial charge in [-0.25, -0.2) is 0 Å². The number of halogens is 3. The molecule has 0 spiro atoms. The van der Waals surface area contributed by atoms with Crippen LogP contribution in [0.4, 0.5) is 5.69 Å². The summed E-state index contributed by atoms with van der Waals surface area (Å²) in [7, 11) is 0. The van der Waals surface area contributed by atoms with E-state index in [2.05, 4.69) is 5.32 Å². The minimum Gasteiger partial charge on any atom is -0.612 e. The number of hydrogen-bond acceptors (Lipinski definition) is 4. The summed E-state index contributed by atoms with van der Waals surface area (Å²) in [4.78, 5) is 15.2. The Morgan fingerprint density at radius 1 is 0.972 bits per heavy atom. The second-order valence-electron chi connectivity index (χ2n) is 8.37. The zero-order chi connectivity index (χ0) is 25.8. The van der Waals surface area contributed by atoms with Gasteiger partial charge in [0.1, 0.15) is 12.0 Å². The lowest BCUT2D eigenvalue weighted by molar-refractivity contribution is -0.123. The van der Waals surface area contributed by atoms with Gasteiger partial charge in [0.05, 0.1) is 20.8 Å². The van der Waals surface area contributed by atoms with E-state index in [9.17, 15) is 9.35 Å². The minimum atomic E-state index is -1.11. The van der Waals surface area contributed by atoms with E-state index in [4.69, 9.17) is 40.2 Å². The van der Waals surface area contributed by atoms with Crippen LogP contribution < -0.4 is 5.32 Å². The lowest BCUT2D eigenvalue weighted by atomic mass is 10.0. The zero-order valence-electron chi connectivity index (χ0n) is 19.5. The molecule has 1 amide bonds. The van der Waals surface area contributed by atoms with E-state index in [1.165, 1.54) is 6.08 Å². The topological polar surface area (TPSA) is 79.2 Å². The number of carbonyl (C=O) groups excluding carboxylic acids is 1. The molecule has 1 saturated heterocycles. The maximum Gasteiger partial charge on any atom is 0.271 e. The molecule has 36 heavy (non-hydrogen) atoms. The molecule has 186 valence electrons. The Morgan fingerprint density at radius 2 is 1.61 bits per heavy atom. The van der Waals surface area contributed by atoms with Crippen molar-refractivity contribution in [1.82, 2.24) is 4.90 Å². The maximum atomic E-state index is 12.8. The van der Waals surface area contributed by atoms with Crippen molar-refractivity contribution in [3.63, 3.8) is 0 Å². The first-order chi connectivity index (χ1) is 17.2. The van der Waals surface area contributed by atoms with E-state index in [1.807, 2.05) is 36.4 Å². The van der Waals surface area contributed by atoms with Crippen molar-refractivity contribution in [3.8, 4) is 11.1 Å². The van der Waals surface area contributed by atoms with E-state index < -0.39 is 11.2 Å². The number of likely N-dealkylation sites (tertiary alicyclic amines) is 1. The number of carbonyl (C=O) groups is 1. The summed E-state index contributed by atoms with van der Waals surface area (Å²) in [6.45, 7) is 1.29. The molecule has 0 saturated carbocycles. The van der Waals surface area contributed by atoms with Gasteiger partial charge < -0.3 is 14.8 Å². The third kappa shape index (κ3) is 6.07. The number of anilines is 1. The molecule has 0 bridgehead atoms. The summed E-state index contributed by atoms with van der Waals surface area (Å²) in [6.07, 6.45) is 4.96. The Labute approximate surface area is 228 Å². The van der Waals surface area contributed by atoms with Crippen molar-refractivity contribution in [1.29, 1.82) is 5.41 Å². The summed E-state index contributed by atoms with van der Waals surface area (Å²) >= 11 is 18.4. The average molecular weight is 561 g/mol. The number of amides is 1. The molecular weight excluding hydrogens is 537 g/mol. The average Bonchev–Trinajstić information content (AvgIpc) is 3.40. The molecule has 1 atom stereocenters. The molecule has 1 aliphatic rings. The number of nitrogens with zero attached hydrogens (tertiary/aromatic N) is 1. The second kappa shape index (κ2) is 11.7. The van der Waals surface area contributed by atoms with Crippen molar-refractivity contribution >= 4 is 69.0 Å². The molecular formula is C27H24Cl3N3O2S. The van der Waals surface area contributed by atoms with Crippen molar-refractivity contribution < 1.29 is 9.35 Å². The monoisotopic (exact) mass is 559 g/mol. The van der Waals surface area contributed by atoms with E-state index in [0.717, 1.165) is 28.9 Å². The number of para-hydroxylation sites is 1. The van der Waals surface area contributed by atoms with Gasteiger partial charge in [-0.3, -0.25) is 10.2 Å². The van der Waals surface area contributed by atoms with Crippen LogP contribution in [0.25, 0.3) is 16.8 Å². The van der Waals surface area contributed by atoms with E-state index in [0.29, 0.717) is 45.1 Å². The smallest absolute Gasteiger partial charge is 0.271 e. The Bertz CT molecular complexity index is 1320. The van der Waals surface area contributed by atoms with E-state index in [1.54, 1.807) is 35.4 Å². The molecule has 1 unspecified atom stereocenters. The van der Waals surface area contributed by atoms with Gasteiger partial charge in [-0.2, -0.15) is 0 Å². The minimum absolute atomic E-state index is 0.166. The van der Waals surface area contributed by atoms with Crippen LogP contribution in [0.5, 0.6) is 0 Å². The molecule has 1 fully saturated rings. The van der Waals surface area contributed by atoms with Gasteiger partial charge in [0.15, 0.2) is 4.90 Å². The van der Waals surface area contributed by atoms with Crippen LogP contribution in [0.1, 0.15) is 18.4 Å². The molecule has 9 heteroatoms. The summed E-state index contributed by atoms with van der Waals surface area (Å²) < 4.78 is 11.9. The van der Waals surface area contributed by atoms with Gasteiger partial charge in [0, 0.05) is 30.4 Å².